The summed E-state index contributed by atoms with van der Waals surface area (Å²) in [6.07, 6.45) is 0. The van der Waals surface area contributed by atoms with Gasteiger partial charge in [0.15, 0.2) is 5.58 Å². The molecule has 9 heteroatoms. The third kappa shape index (κ3) is 4.95. The Balaban J connectivity index is 1.55. The summed E-state index contributed by atoms with van der Waals surface area (Å²) < 4.78 is 10.9. The summed E-state index contributed by atoms with van der Waals surface area (Å²) in [5.74, 6) is -1.38. The van der Waals surface area contributed by atoms with E-state index in [1.165, 1.54) is 0 Å². The monoisotopic (exact) mass is 375 g/mol. The van der Waals surface area contributed by atoms with Crippen LogP contribution in [0.15, 0.2) is 22.6 Å². The Hall–Kier alpha value is -2.65. The number of carbonyl (C=O) groups excluding carboxylic acids is 2. The van der Waals surface area contributed by atoms with E-state index in [0.29, 0.717) is 42.6 Å². The summed E-state index contributed by atoms with van der Waals surface area (Å²) in [5.41, 5.74) is 1.70. The number of rotatable bonds is 5. The minimum Gasteiger partial charge on any atom is -0.423 e. The van der Waals surface area contributed by atoms with Crippen molar-refractivity contribution < 1.29 is 18.7 Å². The average Bonchev–Trinajstić information content (AvgIpc) is 3.06. The van der Waals surface area contributed by atoms with Crippen LogP contribution in [-0.4, -0.2) is 74.7 Å². The van der Waals surface area contributed by atoms with Gasteiger partial charge >= 0.3 is 11.8 Å². The van der Waals surface area contributed by atoms with E-state index in [1.807, 2.05) is 21.0 Å². The number of nitrogens with one attached hydrogen (secondary N) is 2. The topological polar surface area (TPSA) is 99.9 Å². The molecule has 2 heterocycles. The van der Waals surface area contributed by atoms with Gasteiger partial charge in [0.2, 0.25) is 0 Å². The lowest BCUT2D eigenvalue weighted by atomic mass is 10.2. The zero-order chi connectivity index (χ0) is 19.4. The van der Waals surface area contributed by atoms with Crippen LogP contribution in [0, 0.1) is 0 Å². The van der Waals surface area contributed by atoms with E-state index in [1.54, 1.807) is 23.1 Å². The van der Waals surface area contributed by atoms with Crippen molar-refractivity contribution >= 4 is 34.6 Å². The third-order valence-corrected chi connectivity index (χ3v) is 4.24. The Labute approximate surface area is 157 Å². The number of anilines is 2. The maximum atomic E-state index is 12.2. The number of hydrogen-bond acceptors (Lipinski definition) is 7. The molecule has 1 fully saturated rings. The van der Waals surface area contributed by atoms with Crippen molar-refractivity contribution in [3.8, 4) is 0 Å². The Morgan fingerprint density at radius 3 is 2.70 bits per heavy atom. The summed E-state index contributed by atoms with van der Waals surface area (Å²) >= 11 is 0. The van der Waals surface area contributed by atoms with E-state index >= 15 is 0 Å². The predicted octanol–water partition coefficient (Wildman–Crippen LogP) is 0.669. The fourth-order valence-corrected chi connectivity index (χ4v) is 2.88. The van der Waals surface area contributed by atoms with Crippen LogP contribution in [0.5, 0.6) is 0 Å². The number of benzene rings is 1. The standard InChI is InChI=1S/C18H25N5O4/c1-12(11-23-6-8-26-9-7-23)19-16(24)17(25)20-13-4-5-14-15(10-13)27-18(21-14)22(2)3/h4-5,10,12H,6-9,11H2,1-3H3,(H,19,24)(H,20,25)/t12-/m1/s1. The zero-order valence-electron chi connectivity index (χ0n) is 15.8. The maximum Gasteiger partial charge on any atom is 0.313 e. The first-order chi connectivity index (χ1) is 12.9. The molecule has 1 aromatic heterocycles. The van der Waals surface area contributed by atoms with Crippen molar-refractivity contribution in [3.63, 3.8) is 0 Å². The Morgan fingerprint density at radius 2 is 2.00 bits per heavy atom. The minimum absolute atomic E-state index is 0.138. The number of carbonyl (C=O) groups is 2. The van der Waals surface area contributed by atoms with Crippen molar-refractivity contribution in [2.45, 2.75) is 13.0 Å². The molecule has 0 radical (unpaired) electrons. The van der Waals surface area contributed by atoms with Crippen LogP contribution in [0.2, 0.25) is 0 Å². The molecule has 27 heavy (non-hydrogen) atoms. The van der Waals surface area contributed by atoms with E-state index in [9.17, 15) is 9.59 Å². The molecule has 2 aromatic rings. The molecule has 0 aliphatic carbocycles. The lowest BCUT2D eigenvalue weighted by molar-refractivity contribution is -0.136. The lowest BCUT2D eigenvalue weighted by Gasteiger charge is -2.29. The number of oxazole rings is 1. The van der Waals surface area contributed by atoms with E-state index in [4.69, 9.17) is 9.15 Å². The summed E-state index contributed by atoms with van der Waals surface area (Å²) in [6, 6.07) is 5.41. The smallest absolute Gasteiger partial charge is 0.313 e. The average molecular weight is 375 g/mol. The molecule has 0 unspecified atom stereocenters. The molecule has 146 valence electrons. The first kappa shape index (κ1) is 19.1. The second-order valence-corrected chi connectivity index (χ2v) is 6.81. The number of hydrogen-bond donors (Lipinski definition) is 2. The lowest BCUT2D eigenvalue weighted by Crippen LogP contribution is -2.48. The highest BCUT2D eigenvalue weighted by Crippen LogP contribution is 2.23. The van der Waals surface area contributed by atoms with Gasteiger partial charge in [0, 0.05) is 51.5 Å². The largest absolute Gasteiger partial charge is 0.423 e. The third-order valence-electron chi connectivity index (χ3n) is 4.24. The Morgan fingerprint density at radius 1 is 1.26 bits per heavy atom. The van der Waals surface area contributed by atoms with Crippen LogP contribution in [0.4, 0.5) is 11.7 Å². The van der Waals surface area contributed by atoms with E-state index in [-0.39, 0.29) is 6.04 Å². The van der Waals surface area contributed by atoms with Gasteiger partial charge < -0.3 is 24.7 Å². The number of aromatic nitrogens is 1. The second kappa shape index (κ2) is 8.36. The quantitative estimate of drug-likeness (QED) is 0.741. The molecule has 0 spiro atoms. The van der Waals surface area contributed by atoms with Crippen molar-refractivity contribution in [2.75, 3.05) is 57.2 Å². The van der Waals surface area contributed by atoms with Crippen molar-refractivity contribution in [1.82, 2.24) is 15.2 Å². The number of nitrogens with zero attached hydrogens (tertiary/aromatic N) is 3. The van der Waals surface area contributed by atoms with Crippen LogP contribution in [0.3, 0.4) is 0 Å². The molecular weight excluding hydrogens is 350 g/mol. The molecule has 2 amide bonds. The molecule has 9 nitrogen and oxygen atoms in total. The van der Waals surface area contributed by atoms with Crippen molar-refractivity contribution in [2.24, 2.45) is 0 Å². The first-order valence-electron chi connectivity index (χ1n) is 8.92. The fraction of sp³-hybridized carbons (Fsp3) is 0.500. The molecule has 2 N–H and O–H groups in total. The van der Waals surface area contributed by atoms with Crippen LogP contribution in [-0.2, 0) is 14.3 Å². The molecule has 0 saturated carbocycles. The highest BCUT2D eigenvalue weighted by atomic mass is 16.5. The van der Waals surface area contributed by atoms with Gasteiger partial charge in [-0.25, -0.2) is 0 Å². The minimum atomic E-state index is -0.712. The molecular formula is C18H25N5O4. The van der Waals surface area contributed by atoms with Gasteiger partial charge in [0.25, 0.3) is 6.01 Å². The maximum absolute atomic E-state index is 12.2. The molecule has 1 aliphatic rings. The van der Waals surface area contributed by atoms with Gasteiger partial charge in [0.1, 0.15) is 5.52 Å². The van der Waals surface area contributed by atoms with Crippen molar-refractivity contribution in [1.29, 1.82) is 0 Å². The van der Waals surface area contributed by atoms with Crippen molar-refractivity contribution in [3.05, 3.63) is 18.2 Å². The number of fused-ring (bicyclic) bond motifs is 1. The summed E-state index contributed by atoms with van der Waals surface area (Å²) in [6.45, 7) is 5.61. The fourth-order valence-electron chi connectivity index (χ4n) is 2.88. The molecule has 3 rings (SSSR count). The van der Waals surface area contributed by atoms with E-state index in [0.717, 1.165) is 13.1 Å². The summed E-state index contributed by atoms with van der Waals surface area (Å²) in [7, 11) is 3.66. The number of ether oxygens (including phenoxy) is 1. The summed E-state index contributed by atoms with van der Waals surface area (Å²) in [5, 5.41) is 5.32. The van der Waals surface area contributed by atoms with Crippen LogP contribution >= 0.6 is 0 Å². The summed E-state index contributed by atoms with van der Waals surface area (Å²) in [4.78, 5) is 32.6. The molecule has 1 aromatic carbocycles. The first-order valence-corrected chi connectivity index (χ1v) is 8.92. The van der Waals surface area contributed by atoms with Crippen LogP contribution in [0.1, 0.15) is 6.92 Å². The van der Waals surface area contributed by atoms with Gasteiger partial charge in [-0.3, -0.25) is 14.5 Å². The highest BCUT2D eigenvalue weighted by Gasteiger charge is 2.19. The second-order valence-electron chi connectivity index (χ2n) is 6.81. The number of morpholine rings is 1. The number of amides is 2. The SMILES string of the molecule is C[C@H](CN1CCOCC1)NC(=O)C(=O)Nc1ccc2nc(N(C)C)oc2c1. The Kier molecular flexibility index (Phi) is 5.92. The molecule has 1 aliphatic heterocycles. The highest BCUT2D eigenvalue weighted by molar-refractivity contribution is 6.39. The van der Waals surface area contributed by atoms with E-state index in [2.05, 4.69) is 20.5 Å². The predicted molar refractivity (Wildman–Crippen MR) is 102 cm³/mol. The van der Waals surface area contributed by atoms with Gasteiger partial charge in [-0.1, -0.05) is 0 Å². The van der Waals surface area contributed by atoms with Crippen LogP contribution < -0.4 is 15.5 Å². The Bertz CT molecular complexity index is 813. The van der Waals surface area contributed by atoms with E-state index < -0.39 is 11.8 Å². The van der Waals surface area contributed by atoms with Gasteiger partial charge in [-0.2, -0.15) is 4.98 Å². The van der Waals surface area contributed by atoms with Crippen LogP contribution in [0.25, 0.3) is 11.1 Å². The molecule has 1 atom stereocenters. The normalized spacial score (nSPS) is 16.1. The molecule has 0 bridgehead atoms. The zero-order valence-corrected chi connectivity index (χ0v) is 15.8. The van der Waals surface area contributed by atoms with Gasteiger partial charge in [-0.05, 0) is 19.1 Å². The van der Waals surface area contributed by atoms with Gasteiger partial charge in [-0.15, -0.1) is 0 Å². The van der Waals surface area contributed by atoms with Gasteiger partial charge in [0.05, 0.1) is 13.2 Å². The molecule has 1 saturated heterocycles.